The highest BCUT2D eigenvalue weighted by Crippen LogP contribution is 2.48. The number of nitrogens with two attached hydrogens (primary N) is 2. The van der Waals surface area contributed by atoms with Gasteiger partial charge in [0.15, 0.2) is 15.6 Å². The standard InChI is InChI=1S/C23H20N6O12S4/c1-42(31,32)14-5-3-13(4-6-14)26-28-21-17(44(36,37)38)8-11-9-18(45(39,40)41)22(23(30)19(11)20(21)25)29-27-15-7-2-12(24)10-16(15)43(33,34)35/h2-10,30H,24-25H2,1H3,(H,33,34,35)(H,36,37,38)(H,39,40,41). The number of hydrogen-bond acceptors (Lipinski definition) is 15. The van der Waals surface area contributed by atoms with Crippen LogP contribution in [0.4, 0.5) is 34.1 Å². The third-order valence-electron chi connectivity index (χ3n) is 5.92. The summed E-state index contributed by atoms with van der Waals surface area (Å²) < 4.78 is 125. The second-order valence-electron chi connectivity index (χ2n) is 9.13. The topological polar surface area (TPSA) is 319 Å². The molecule has 8 N–H and O–H groups in total. The van der Waals surface area contributed by atoms with Gasteiger partial charge < -0.3 is 16.6 Å². The fraction of sp³-hybridized carbons (Fsp3) is 0.0435. The lowest BCUT2D eigenvalue weighted by Crippen LogP contribution is -2.04. The van der Waals surface area contributed by atoms with Crippen molar-refractivity contribution in [1.82, 2.24) is 0 Å². The number of aromatic hydroxyl groups is 1. The number of phenolic OH excluding ortho intramolecular Hbond substituents is 1. The Balaban J connectivity index is 2.01. The van der Waals surface area contributed by atoms with Gasteiger partial charge >= 0.3 is 0 Å². The Morgan fingerprint density at radius 1 is 0.622 bits per heavy atom. The number of nitrogens with zero attached hydrogens (tertiary/aromatic N) is 4. The van der Waals surface area contributed by atoms with Gasteiger partial charge in [-0.05, 0) is 60.0 Å². The van der Waals surface area contributed by atoms with Crippen molar-refractivity contribution in [3.8, 4) is 5.75 Å². The van der Waals surface area contributed by atoms with Crippen molar-refractivity contribution in [2.75, 3.05) is 17.7 Å². The number of anilines is 2. The largest absolute Gasteiger partial charge is 0.505 e. The van der Waals surface area contributed by atoms with E-state index in [-0.39, 0.29) is 16.3 Å². The number of rotatable bonds is 8. The number of phenols is 1. The predicted molar refractivity (Wildman–Crippen MR) is 158 cm³/mol. The summed E-state index contributed by atoms with van der Waals surface area (Å²) in [7, 11) is -18.9. The minimum atomic E-state index is -5.27. The van der Waals surface area contributed by atoms with E-state index in [1.54, 1.807) is 0 Å². The van der Waals surface area contributed by atoms with E-state index in [4.69, 9.17) is 11.5 Å². The van der Waals surface area contributed by atoms with Crippen LogP contribution in [0.25, 0.3) is 10.8 Å². The van der Waals surface area contributed by atoms with Gasteiger partial charge in [0.25, 0.3) is 30.4 Å². The number of azo groups is 2. The first-order chi connectivity index (χ1) is 20.6. The molecule has 0 fully saturated rings. The molecule has 4 aromatic carbocycles. The molecule has 0 amide bonds. The van der Waals surface area contributed by atoms with Crippen LogP contribution in [0, 0.1) is 0 Å². The average molecular weight is 701 g/mol. The zero-order chi connectivity index (χ0) is 33.7. The van der Waals surface area contributed by atoms with Crippen molar-refractivity contribution in [2.24, 2.45) is 20.5 Å². The Morgan fingerprint density at radius 3 is 1.64 bits per heavy atom. The van der Waals surface area contributed by atoms with Crippen molar-refractivity contribution in [3.63, 3.8) is 0 Å². The molecule has 45 heavy (non-hydrogen) atoms. The number of fused-ring (bicyclic) bond motifs is 1. The summed E-state index contributed by atoms with van der Waals surface area (Å²) in [6.45, 7) is 0. The Bertz CT molecular complexity index is 2390. The van der Waals surface area contributed by atoms with Gasteiger partial charge in [-0.3, -0.25) is 13.7 Å². The van der Waals surface area contributed by atoms with Crippen LogP contribution < -0.4 is 11.5 Å². The van der Waals surface area contributed by atoms with Gasteiger partial charge in [-0.15, -0.1) is 15.3 Å². The molecule has 238 valence electrons. The molecule has 0 heterocycles. The van der Waals surface area contributed by atoms with Gasteiger partial charge in [-0.25, -0.2) is 8.42 Å². The average Bonchev–Trinajstić information content (AvgIpc) is 2.90. The molecule has 0 aromatic heterocycles. The van der Waals surface area contributed by atoms with Crippen LogP contribution >= 0.6 is 0 Å². The summed E-state index contributed by atoms with van der Waals surface area (Å²) in [5, 5.41) is 24.8. The van der Waals surface area contributed by atoms with Gasteiger partial charge in [0.05, 0.1) is 21.7 Å². The molecular weight excluding hydrogens is 681 g/mol. The second-order valence-corrected chi connectivity index (χ2v) is 15.3. The van der Waals surface area contributed by atoms with E-state index in [0.717, 1.165) is 24.5 Å². The molecule has 0 bridgehead atoms. The van der Waals surface area contributed by atoms with E-state index in [1.165, 1.54) is 24.3 Å². The number of nitrogen functional groups attached to an aromatic ring is 2. The number of benzene rings is 4. The van der Waals surface area contributed by atoms with Gasteiger partial charge in [0, 0.05) is 11.9 Å². The maximum absolute atomic E-state index is 12.2. The Kier molecular flexibility index (Phi) is 8.45. The van der Waals surface area contributed by atoms with Crippen LogP contribution in [0.5, 0.6) is 5.75 Å². The molecule has 4 rings (SSSR count). The minimum absolute atomic E-state index is 0.00163. The van der Waals surface area contributed by atoms with E-state index in [2.05, 4.69) is 20.5 Å². The summed E-state index contributed by atoms with van der Waals surface area (Å²) in [6.07, 6.45) is 0.967. The SMILES string of the molecule is CS(=O)(=O)c1ccc(N=Nc2c(S(=O)(=O)O)cc3cc(S(=O)(=O)O)c(N=Nc4ccc(N)cc4S(=O)(=O)O)c(O)c3c2N)cc1. The van der Waals surface area contributed by atoms with Crippen molar-refractivity contribution in [2.45, 2.75) is 19.6 Å². The monoisotopic (exact) mass is 700 g/mol. The quantitative estimate of drug-likeness (QED) is 0.0867. The molecule has 0 aliphatic rings. The van der Waals surface area contributed by atoms with E-state index in [0.29, 0.717) is 12.1 Å². The molecule has 0 saturated carbocycles. The zero-order valence-electron chi connectivity index (χ0n) is 22.3. The van der Waals surface area contributed by atoms with Crippen molar-refractivity contribution in [1.29, 1.82) is 0 Å². The highest BCUT2D eigenvalue weighted by Gasteiger charge is 2.28. The summed E-state index contributed by atoms with van der Waals surface area (Å²) in [5.74, 6) is -1.12. The molecule has 0 radical (unpaired) electrons. The number of sulfone groups is 1. The maximum Gasteiger partial charge on any atom is 0.296 e. The lowest BCUT2D eigenvalue weighted by molar-refractivity contribution is 0.472. The predicted octanol–water partition coefficient (Wildman–Crippen LogP) is 3.68. The van der Waals surface area contributed by atoms with Crippen LogP contribution in [-0.2, 0) is 40.2 Å². The van der Waals surface area contributed by atoms with Gasteiger partial charge in [-0.1, -0.05) is 0 Å². The molecular formula is C23H20N6O12S4. The van der Waals surface area contributed by atoms with Crippen molar-refractivity contribution >= 4 is 85.1 Å². The fourth-order valence-electron chi connectivity index (χ4n) is 3.90. The molecule has 0 aliphatic carbocycles. The van der Waals surface area contributed by atoms with E-state index in [9.17, 15) is 52.4 Å². The number of hydrogen-bond donors (Lipinski definition) is 6. The molecule has 0 unspecified atom stereocenters. The first-order valence-electron chi connectivity index (χ1n) is 11.7. The highest BCUT2D eigenvalue weighted by atomic mass is 32.2. The molecule has 0 atom stereocenters. The lowest BCUT2D eigenvalue weighted by atomic mass is 10.1. The van der Waals surface area contributed by atoms with Crippen molar-refractivity contribution < 1.29 is 52.4 Å². The lowest BCUT2D eigenvalue weighted by Gasteiger charge is -2.14. The fourth-order valence-corrected chi connectivity index (χ4v) is 6.51. The summed E-state index contributed by atoms with van der Waals surface area (Å²) in [4.78, 5) is -3.06. The summed E-state index contributed by atoms with van der Waals surface area (Å²) in [5.41, 5.74) is 8.53. The van der Waals surface area contributed by atoms with Crippen LogP contribution in [0.15, 0.2) is 94.6 Å². The van der Waals surface area contributed by atoms with Crippen LogP contribution in [0.3, 0.4) is 0 Å². The minimum Gasteiger partial charge on any atom is -0.505 e. The summed E-state index contributed by atoms with van der Waals surface area (Å²) >= 11 is 0. The zero-order valence-corrected chi connectivity index (χ0v) is 25.6. The van der Waals surface area contributed by atoms with Gasteiger partial charge in [0.2, 0.25) is 0 Å². The Labute approximate surface area is 254 Å². The van der Waals surface area contributed by atoms with Crippen LogP contribution in [0.2, 0.25) is 0 Å². The smallest absolute Gasteiger partial charge is 0.296 e. The molecule has 18 nitrogen and oxygen atoms in total. The van der Waals surface area contributed by atoms with E-state index >= 15 is 0 Å². The second kappa shape index (κ2) is 11.4. The Morgan fingerprint density at radius 2 is 1.13 bits per heavy atom. The maximum atomic E-state index is 12.2. The molecule has 0 spiro atoms. The van der Waals surface area contributed by atoms with Crippen LogP contribution in [-0.4, -0.2) is 58.7 Å². The van der Waals surface area contributed by atoms with E-state index in [1.807, 2.05) is 0 Å². The molecule has 4 aromatic rings. The van der Waals surface area contributed by atoms with E-state index < -0.39 is 94.1 Å². The van der Waals surface area contributed by atoms with Gasteiger partial charge in [0.1, 0.15) is 31.7 Å². The first kappa shape index (κ1) is 33.3. The van der Waals surface area contributed by atoms with Gasteiger partial charge in [-0.2, -0.15) is 30.4 Å². The molecule has 22 heteroatoms. The third kappa shape index (κ3) is 7.06. The Hall–Kier alpha value is -4.58. The highest BCUT2D eigenvalue weighted by molar-refractivity contribution is 7.90. The summed E-state index contributed by atoms with van der Waals surface area (Å²) in [6, 6.07) is 9.06. The third-order valence-corrected chi connectivity index (χ3v) is 9.67. The van der Waals surface area contributed by atoms with Crippen molar-refractivity contribution in [3.05, 3.63) is 54.6 Å². The molecule has 0 saturated heterocycles. The first-order valence-corrected chi connectivity index (χ1v) is 17.9. The molecule has 0 aliphatic heterocycles. The van der Waals surface area contributed by atoms with Crippen LogP contribution in [0.1, 0.15) is 0 Å². The normalized spacial score (nSPS) is 13.2.